The molecule has 0 spiro atoms. The molecule has 8 rings (SSSR count). The zero-order valence-electron chi connectivity index (χ0n) is 27.4. The lowest BCUT2D eigenvalue weighted by Gasteiger charge is -2.33. The summed E-state index contributed by atoms with van der Waals surface area (Å²) >= 11 is 7.74. The van der Waals surface area contributed by atoms with Gasteiger partial charge < -0.3 is 20.3 Å². The number of alkyl halides is 2. The number of nitriles is 1. The number of carbonyl (C=O) groups excluding carboxylic acids is 1. The lowest BCUT2D eigenvalue weighted by Crippen LogP contribution is -2.47. The number of hydrogen-bond donors (Lipinski definition) is 1. The average molecular weight is 728 g/mol. The van der Waals surface area contributed by atoms with E-state index in [1.807, 2.05) is 17.9 Å². The van der Waals surface area contributed by atoms with Gasteiger partial charge in [0.15, 0.2) is 11.5 Å². The van der Waals surface area contributed by atoms with E-state index < -0.39 is 34.9 Å². The maximum absolute atomic E-state index is 17.1. The molecular formula is C35H34ClF4N7O2S. The molecule has 3 aliphatic heterocycles. The van der Waals surface area contributed by atoms with E-state index >= 15 is 4.39 Å². The van der Waals surface area contributed by atoms with Crippen molar-refractivity contribution in [3.8, 4) is 23.2 Å². The molecule has 50 heavy (non-hydrogen) atoms. The van der Waals surface area contributed by atoms with Crippen LogP contribution in [0.2, 0.25) is 5.02 Å². The Hall–Kier alpha value is -3.93. The monoisotopic (exact) mass is 727 g/mol. The Bertz CT molecular complexity index is 2120. The summed E-state index contributed by atoms with van der Waals surface area (Å²) in [6.07, 6.45) is 1.91. The second-order valence-corrected chi connectivity index (χ2v) is 15.5. The Balaban J connectivity index is 1.25. The van der Waals surface area contributed by atoms with E-state index in [4.69, 9.17) is 27.1 Å². The van der Waals surface area contributed by atoms with Crippen LogP contribution in [0.4, 0.5) is 28.4 Å². The first-order chi connectivity index (χ1) is 23.9. The molecule has 0 radical (unpaired) electrons. The van der Waals surface area contributed by atoms with Crippen LogP contribution in [-0.2, 0) is 4.79 Å². The van der Waals surface area contributed by atoms with Crippen molar-refractivity contribution < 1.29 is 27.1 Å². The number of rotatable bonds is 7. The summed E-state index contributed by atoms with van der Waals surface area (Å²) in [6.45, 7) is 3.38. The highest BCUT2D eigenvalue weighted by atomic mass is 35.5. The average Bonchev–Trinajstić information content (AvgIpc) is 3.33. The molecule has 1 saturated carbocycles. The first-order valence-corrected chi connectivity index (χ1v) is 17.9. The number of anilines is 2. The molecule has 1 amide bonds. The SMILES string of the molecule is CC1C(N(C)c2nc(OCC34CCCN3CC(F)C4)nc3c(F)c(-c4ccc(F)c5sc(N)c(C#N)c45)c(Cl)cc23)CCN1C(=O)C1(F)CC1. The number of hydrogen-bond acceptors (Lipinski definition) is 9. The smallest absolute Gasteiger partial charge is 0.319 e. The van der Waals surface area contributed by atoms with E-state index in [2.05, 4.69) is 9.88 Å². The standard InChI is InChI=1S/C35H34ClF4N7O2S/c1-17-24(6-11-47(17)32(48)35(40)8-9-35)45(2)31-20-12-22(36)26(19-4-5-23(38)29-25(19)21(14-41)30(42)50-29)27(39)28(20)43-33(44-31)49-16-34-7-3-10-46(34)15-18(37)13-34/h4-5,12,17-18,24H,3,6-11,13,15-16,42H2,1-2H3. The van der Waals surface area contributed by atoms with Gasteiger partial charge in [-0.1, -0.05) is 17.7 Å². The Morgan fingerprint density at radius 2 is 2.04 bits per heavy atom. The van der Waals surface area contributed by atoms with Gasteiger partial charge in [-0.25, -0.2) is 17.6 Å². The molecular weight excluding hydrogens is 694 g/mol. The molecule has 2 aromatic heterocycles. The van der Waals surface area contributed by atoms with Crippen LogP contribution in [-0.4, -0.2) is 88.4 Å². The zero-order chi connectivity index (χ0) is 35.3. The Morgan fingerprint density at radius 1 is 1.26 bits per heavy atom. The molecule has 9 nitrogen and oxygen atoms in total. The fourth-order valence-electron chi connectivity index (χ4n) is 8.36. The number of amides is 1. The molecule has 262 valence electrons. The van der Waals surface area contributed by atoms with Gasteiger partial charge in [-0.3, -0.25) is 9.69 Å². The molecule has 4 aromatic rings. The maximum atomic E-state index is 17.1. The number of carbonyl (C=O) groups is 1. The second kappa shape index (κ2) is 11.8. The van der Waals surface area contributed by atoms with Gasteiger partial charge in [-0.05, 0) is 63.3 Å². The summed E-state index contributed by atoms with van der Waals surface area (Å²) in [5.74, 6) is -1.69. The zero-order valence-corrected chi connectivity index (χ0v) is 29.0. The van der Waals surface area contributed by atoms with Crippen molar-refractivity contribution in [2.45, 2.75) is 74.9 Å². The molecule has 15 heteroatoms. The van der Waals surface area contributed by atoms with Crippen molar-refractivity contribution in [1.82, 2.24) is 19.8 Å². The van der Waals surface area contributed by atoms with Crippen LogP contribution in [0.5, 0.6) is 6.01 Å². The summed E-state index contributed by atoms with van der Waals surface area (Å²) in [4.78, 5) is 27.7. The Labute approximate surface area is 294 Å². The minimum atomic E-state index is -1.81. The maximum Gasteiger partial charge on any atom is 0.319 e. The third-order valence-corrected chi connectivity index (χ3v) is 12.5. The van der Waals surface area contributed by atoms with Crippen LogP contribution in [0.15, 0.2) is 18.2 Å². The molecule has 4 aliphatic rings. The van der Waals surface area contributed by atoms with E-state index in [1.54, 1.807) is 11.9 Å². The second-order valence-electron chi connectivity index (χ2n) is 14.1. The van der Waals surface area contributed by atoms with Crippen LogP contribution in [0.1, 0.15) is 51.0 Å². The highest BCUT2D eigenvalue weighted by Crippen LogP contribution is 2.47. The van der Waals surface area contributed by atoms with Crippen LogP contribution < -0.4 is 15.4 Å². The molecule has 4 unspecified atom stereocenters. The van der Waals surface area contributed by atoms with Gasteiger partial charge in [0.1, 0.15) is 41.0 Å². The van der Waals surface area contributed by atoms with Crippen LogP contribution in [0.25, 0.3) is 32.1 Å². The number of halogens is 5. The minimum absolute atomic E-state index is 0.0147. The fraction of sp³-hybridized carbons (Fsp3) is 0.486. The third kappa shape index (κ3) is 5.06. The Morgan fingerprint density at radius 3 is 2.78 bits per heavy atom. The van der Waals surface area contributed by atoms with Crippen molar-refractivity contribution in [2.24, 2.45) is 0 Å². The van der Waals surface area contributed by atoms with Crippen LogP contribution >= 0.6 is 22.9 Å². The summed E-state index contributed by atoms with van der Waals surface area (Å²) in [5, 5.41) is 10.3. The van der Waals surface area contributed by atoms with Gasteiger partial charge >= 0.3 is 6.01 Å². The third-order valence-electron chi connectivity index (χ3n) is 11.2. The normalized spacial score (nSPS) is 25.7. The van der Waals surface area contributed by atoms with Gasteiger partial charge in [0.2, 0.25) is 0 Å². The number of likely N-dealkylation sites (N-methyl/N-ethyl adjacent to an activating group) is 1. The molecule has 0 bridgehead atoms. The lowest BCUT2D eigenvalue weighted by molar-refractivity contribution is -0.138. The minimum Gasteiger partial charge on any atom is -0.461 e. The van der Waals surface area contributed by atoms with Crippen molar-refractivity contribution in [2.75, 3.05) is 43.9 Å². The molecule has 5 heterocycles. The molecule has 2 aromatic carbocycles. The molecule has 4 atom stereocenters. The number of likely N-dealkylation sites (tertiary alicyclic amines) is 1. The molecule has 2 N–H and O–H groups in total. The van der Waals surface area contributed by atoms with Crippen molar-refractivity contribution in [3.05, 3.63) is 40.4 Å². The van der Waals surface area contributed by atoms with Gasteiger partial charge in [-0.15, -0.1) is 11.3 Å². The molecule has 1 aliphatic carbocycles. The van der Waals surface area contributed by atoms with Gasteiger partial charge in [0.05, 0.1) is 26.9 Å². The number of nitrogen functional groups attached to an aromatic ring is 1. The first kappa shape index (κ1) is 33.2. The number of thiophene rings is 1. The topological polar surface area (TPSA) is 112 Å². The van der Waals surface area contributed by atoms with Gasteiger partial charge in [0, 0.05) is 48.9 Å². The molecule has 4 fully saturated rings. The largest absolute Gasteiger partial charge is 0.461 e. The van der Waals surface area contributed by atoms with Crippen molar-refractivity contribution >= 4 is 60.7 Å². The molecule has 3 saturated heterocycles. The summed E-state index contributed by atoms with van der Waals surface area (Å²) < 4.78 is 67.7. The van der Waals surface area contributed by atoms with Crippen molar-refractivity contribution in [1.29, 1.82) is 5.26 Å². The number of nitrogens with zero attached hydrogens (tertiary/aromatic N) is 6. The quantitative estimate of drug-likeness (QED) is 0.208. The predicted octanol–water partition coefficient (Wildman–Crippen LogP) is 6.78. The van der Waals surface area contributed by atoms with Gasteiger partial charge in [0.25, 0.3) is 5.91 Å². The Kier molecular flexibility index (Phi) is 7.85. The van der Waals surface area contributed by atoms with E-state index in [-0.39, 0.29) is 91.1 Å². The summed E-state index contributed by atoms with van der Waals surface area (Å²) in [7, 11) is 1.77. The van der Waals surface area contributed by atoms with Crippen molar-refractivity contribution in [3.63, 3.8) is 0 Å². The number of ether oxygens (including phenoxy) is 1. The number of benzene rings is 2. The van der Waals surface area contributed by atoms with E-state index in [0.29, 0.717) is 25.9 Å². The lowest BCUT2D eigenvalue weighted by atomic mass is 9.95. The summed E-state index contributed by atoms with van der Waals surface area (Å²) in [5.41, 5.74) is 3.68. The van der Waals surface area contributed by atoms with E-state index in [0.717, 1.165) is 30.7 Å². The first-order valence-electron chi connectivity index (χ1n) is 16.7. The number of fused-ring (bicyclic) bond motifs is 3. The van der Waals surface area contributed by atoms with E-state index in [1.165, 1.54) is 18.2 Å². The predicted molar refractivity (Wildman–Crippen MR) is 184 cm³/mol. The van der Waals surface area contributed by atoms with Crippen LogP contribution in [0.3, 0.4) is 0 Å². The van der Waals surface area contributed by atoms with E-state index in [9.17, 15) is 23.2 Å². The summed E-state index contributed by atoms with van der Waals surface area (Å²) in [6, 6.07) is 5.23. The fourth-order valence-corrected chi connectivity index (χ4v) is 9.61. The van der Waals surface area contributed by atoms with Crippen LogP contribution in [0, 0.1) is 23.0 Å². The number of nitrogens with two attached hydrogens (primary N) is 1. The van der Waals surface area contributed by atoms with Gasteiger partial charge in [-0.2, -0.15) is 15.2 Å². The number of aromatic nitrogens is 2. The highest BCUT2D eigenvalue weighted by Gasteiger charge is 2.55. The highest BCUT2D eigenvalue weighted by molar-refractivity contribution is 7.23.